The minimum atomic E-state index is 0.112. The van der Waals surface area contributed by atoms with E-state index in [1.54, 1.807) is 6.20 Å². The molecule has 78 valence electrons. The molecule has 1 aromatic rings. The van der Waals surface area contributed by atoms with Crippen LogP contribution in [0.3, 0.4) is 0 Å². The van der Waals surface area contributed by atoms with Gasteiger partial charge in [-0.25, -0.2) is 4.98 Å². The number of aromatic nitrogens is 1. The molecule has 0 saturated heterocycles. The molecule has 1 aromatic heterocycles. The van der Waals surface area contributed by atoms with Crippen molar-refractivity contribution < 1.29 is 5.21 Å². The second kappa shape index (κ2) is 4.80. The van der Waals surface area contributed by atoms with Crippen LogP contribution in [0.15, 0.2) is 11.4 Å². The van der Waals surface area contributed by atoms with Crippen molar-refractivity contribution in [1.29, 1.82) is 0 Å². The first-order chi connectivity index (χ1) is 6.72. The highest BCUT2D eigenvalue weighted by atomic mass is 32.1. The topological polar surface area (TPSA) is 74.7 Å². The van der Waals surface area contributed by atoms with Crippen LogP contribution >= 0.6 is 11.3 Å². The molecule has 0 radical (unpaired) electrons. The molecule has 1 rings (SSSR count). The Balaban J connectivity index is 2.87. The Bertz CT molecular complexity index is 319. The average molecular weight is 214 g/mol. The monoisotopic (exact) mass is 214 g/mol. The molecule has 3 N–H and O–H groups in total. The highest BCUT2D eigenvalue weighted by Gasteiger charge is 2.09. The van der Waals surface area contributed by atoms with Gasteiger partial charge in [-0.1, -0.05) is 16.5 Å². The zero-order chi connectivity index (χ0) is 10.6. The molecule has 1 heterocycles. The number of amidine groups is 1. The quantitative estimate of drug-likeness (QED) is 0.340. The molecule has 0 aliphatic heterocycles. The van der Waals surface area contributed by atoms with Gasteiger partial charge in [0.15, 0.2) is 11.0 Å². The molecule has 0 amide bonds. The van der Waals surface area contributed by atoms with Gasteiger partial charge in [-0.3, -0.25) is 0 Å². The van der Waals surface area contributed by atoms with Crippen LogP contribution in [-0.2, 0) is 0 Å². The molecule has 0 saturated carbocycles. The molecule has 0 aliphatic carbocycles. The average Bonchev–Trinajstić information content (AvgIpc) is 2.68. The molecule has 0 atom stereocenters. The summed E-state index contributed by atoms with van der Waals surface area (Å²) >= 11 is 1.42. The Morgan fingerprint density at radius 3 is 2.79 bits per heavy atom. The maximum absolute atomic E-state index is 8.48. The van der Waals surface area contributed by atoms with E-state index in [9.17, 15) is 0 Å². The summed E-state index contributed by atoms with van der Waals surface area (Å²) in [5, 5.41) is 12.3. The first kappa shape index (κ1) is 10.8. The second-order valence-corrected chi connectivity index (χ2v) is 3.67. The van der Waals surface area contributed by atoms with Crippen LogP contribution < -0.4 is 10.6 Å². The minimum absolute atomic E-state index is 0.112. The van der Waals surface area contributed by atoms with Crippen molar-refractivity contribution in [3.63, 3.8) is 0 Å². The molecule has 6 heteroatoms. The highest BCUT2D eigenvalue weighted by molar-refractivity contribution is 7.17. The number of oxime groups is 1. The minimum Gasteiger partial charge on any atom is -0.409 e. The number of rotatable bonds is 4. The van der Waals surface area contributed by atoms with Crippen LogP contribution in [0.2, 0.25) is 0 Å². The number of thiazole rings is 1. The van der Waals surface area contributed by atoms with Crippen molar-refractivity contribution in [3.05, 3.63) is 11.1 Å². The van der Waals surface area contributed by atoms with E-state index >= 15 is 0 Å². The fourth-order valence-electron chi connectivity index (χ4n) is 1.07. The Labute approximate surface area is 86.9 Å². The lowest BCUT2D eigenvalue weighted by atomic mass is 10.5. The van der Waals surface area contributed by atoms with Crippen LogP contribution in [0.25, 0.3) is 0 Å². The first-order valence-corrected chi connectivity index (χ1v) is 5.23. The van der Waals surface area contributed by atoms with Crippen molar-refractivity contribution in [2.75, 3.05) is 18.0 Å². The van der Waals surface area contributed by atoms with E-state index in [1.807, 2.05) is 0 Å². The maximum atomic E-state index is 8.48. The van der Waals surface area contributed by atoms with E-state index in [0.29, 0.717) is 4.88 Å². The van der Waals surface area contributed by atoms with Gasteiger partial charge in [-0.05, 0) is 13.8 Å². The first-order valence-electron chi connectivity index (χ1n) is 4.41. The molecule has 5 nitrogen and oxygen atoms in total. The van der Waals surface area contributed by atoms with Gasteiger partial charge in [-0.15, -0.1) is 0 Å². The van der Waals surface area contributed by atoms with Crippen LogP contribution in [0, 0.1) is 0 Å². The molecule has 0 unspecified atom stereocenters. The Morgan fingerprint density at radius 2 is 2.29 bits per heavy atom. The molecular weight excluding hydrogens is 200 g/mol. The van der Waals surface area contributed by atoms with E-state index < -0.39 is 0 Å². The summed E-state index contributed by atoms with van der Waals surface area (Å²) < 4.78 is 0. The second-order valence-electron chi connectivity index (χ2n) is 2.66. The third-order valence-electron chi connectivity index (χ3n) is 1.89. The predicted molar refractivity (Wildman–Crippen MR) is 58.2 cm³/mol. The van der Waals surface area contributed by atoms with Gasteiger partial charge in [0, 0.05) is 13.1 Å². The third kappa shape index (κ3) is 2.14. The lowest BCUT2D eigenvalue weighted by molar-refractivity contribution is 0.319. The summed E-state index contributed by atoms with van der Waals surface area (Å²) in [5.41, 5.74) is 5.44. The van der Waals surface area contributed by atoms with Crippen LogP contribution in [0.1, 0.15) is 18.7 Å². The molecule has 14 heavy (non-hydrogen) atoms. The Kier molecular flexibility index (Phi) is 3.70. The molecule has 0 bridgehead atoms. The van der Waals surface area contributed by atoms with Gasteiger partial charge >= 0.3 is 0 Å². The van der Waals surface area contributed by atoms with Gasteiger partial charge in [-0.2, -0.15) is 0 Å². The zero-order valence-corrected chi connectivity index (χ0v) is 9.08. The van der Waals surface area contributed by atoms with E-state index in [-0.39, 0.29) is 5.84 Å². The summed E-state index contributed by atoms with van der Waals surface area (Å²) in [5.74, 6) is 0.112. The van der Waals surface area contributed by atoms with Crippen molar-refractivity contribution in [2.24, 2.45) is 10.9 Å². The summed E-state index contributed by atoms with van der Waals surface area (Å²) in [6.45, 7) is 5.93. The summed E-state index contributed by atoms with van der Waals surface area (Å²) in [6.07, 6.45) is 1.62. The number of nitrogens with two attached hydrogens (primary N) is 1. The fourth-order valence-corrected chi connectivity index (χ4v) is 2.01. The van der Waals surface area contributed by atoms with Crippen molar-refractivity contribution in [3.8, 4) is 0 Å². The molecular formula is C8H14N4OS. The van der Waals surface area contributed by atoms with E-state index in [4.69, 9.17) is 10.9 Å². The lowest BCUT2D eigenvalue weighted by Gasteiger charge is -2.16. The lowest BCUT2D eigenvalue weighted by Crippen LogP contribution is -2.21. The summed E-state index contributed by atoms with van der Waals surface area (Å²) in [4.78, 5) is 7.00. The maximum Gasteiger partial charge on any atom is 0.185 e. The van der Waals surface area contributed by atoms with Gasteiger partial charge in [0.1, 0.15) is 0 Å². The predicted octanol–water partition coefficient (Wildman–Crippen LogP) is 1.08. The number of anilines is 1. The normalized spacial score (nSPS) is 11.7. The molecule has 0 aliphatic rings. The summed E-state index contributed by atoms with van der Waals surface area (Å²) in [6, 6.07) is 0. The standard InChI is InChI=1S/C8H14N4OS/c1-3-12(4-2)8-10-5-6(14-8)7(9)11-13/h5,13H,3-4H2,1-2H3,(H2,9,11). The van der Waals surface area contributed by atoms with Crippen LogP contribution in [-0.4, -0.2) is 29.1 Å². The van der Waals surface area contributed by atoms with Crippen LogP contribution in [0.4, 0.5) is 5.13 Å². The number of hydrogen-bond donors (Lipinski definition) is 2. The van der Waals surface area contributed by atoms with Crippen molar-refractivity contribution >= 4 is 22.3 Å². The van der Waals surface area contributed by atoms with Gasteiger partial charge in [0.2, 0.25) is 0 Å². The van der Waals surface area contributed by atoms with Crippen LogP contribution in [0.5, 0.6) is 0 Å². The van der Waals surface area contributed by atoms with Gasteiger partial charge < -0.3 is 15.8 Å². The van der Waals surface area contributed by atoms with Gasteiger partial charge in [0.25, 0.3) is 0 Å². The fraction of sp³-hybridized carbons (Fsp3) is 0.500. The van der Waals surface area contributed by atoms with E-state index in [1.165, 1.54) is 11.3 Å². The van der Waals surface area contributed by atoms with E-state index in [2.05, 4.69) is 28.9 Å². The SMILES string of the molecule is CCN(CC)c1ncc(/C(N)=N\O)s1. The third-order valence-corrected chi connectivity index (χ3v) is 2.97. The largest absolute Gasteiger partial charge is 0.409 e. The number of nitrogens with zero attached hydrogens (tertiary/aromatic N) is 3. The highest BCUT2D eigenvalue weighted by Crippen LogP contribution is 2.21. The van der Waals surface area contributed by atoms with Gasteiger partial charge in [0.05, 0.1) is 11.1 Å². The Hall–Kier alpha value is -1.30. The summed E-state index contributed by atoms with van der Waals surface area (Å²) in [7, 11) is 0. The molecule has 0 spiro atoms. The zero-order valence-electron chi connectivity index (χ0n) is 8.27. The Morgan fingerprint density at radius 1 is 1.64 bits per heavy atom. The van der Waals surface area contributed by atoms with Crippen molar-refractivity contribution in [1.82, 2.24) is 4.98 Å². The van der Waals surface area contributed by atoms with Crippen molar-refractivity contribution in [2.45, 2.75) is 13.8 Å². The molecule has 0 aromatic carbocycles. The number of hydrogen-bond acceptors (Lipinski definition) is 5. The smallest absolute Gasteiger partial charge is 0.185 e. The van der Waals surface area contributed by atoms with E-state index in [0.717, 1.165) is 18.2 Å². The molecule has 0 fully saturated rings.